The van der Waals surface area contributed by atoms with E-state index in [-0.39, 0.29) is 0 Å². The summed E-state index contributed by atoms with van der Waals surface area (Å²) in [4.78, 5) is 2.50. The molecule has 0 unspecified atom stereocenters. The van der Waals surface area contributed by atoms with E-state index in [1.807, 2.05) is 11.8 Å². The second-order valence-corrected chi connectivity index (χ2v) is 5.30. The van der Waals surface area contributed by atoms with Crippen LogP contribution < -0.4 is 5.73 Å². The zero-order chi connectivity index (χ0) is 10.7. The lowest BCUT2D eigenvalue weighted by atomic mass is 10.1. The normalized spacial score (nSPS) is 17.9. The monoisotopic (exact) mass is 222 g/mol. The first-order valence-corrected chi connectivity index (χ1v) is 6.56. The van der Waals surface area contributed by atoms with Crippen molar-refractivity contribution in [3.63, 3.8) is 0 Å². The predicted octanol–water partition coefficient (Wildman–Crippen LogP) is 2.13. The van der Waals surface area contributed by atoms with E-state index in [0.717, 1.165) is 12.2 Å². The first-order valence-electron chi connectivity index (χ1n) is 5.41. The van der Waals surface area contributed by atoms with Gasteiger partial charge in [0.1, 0.15) is 0 Å². The van der Waals surface area contributed by atoms with Crippen molar-refractivity contribution in [3.05, 3.63) is 29.3 Å². The van der Waals surface area contributed by atoms with Gasteiger partial charge in [-0.1, -0.05) is 12.1 Å². The van der Waals surface area contributed by atoms with Crippen LogP contribution in [-0.2, 0) is 6.54 Å². The zero-order valence-corrected chi connectivity index (χ0v) is 10.0. The molecule has 2 N–H and O–H groups in total. The minimum absolute atomic E-state index is 0.916. The molecule has 3 heteroatoms. The fourth-order valence-electron chi connectivity index (χ4n) is 1.81. The maximum atomic E-state index is 5.90. The average molecular weight is 222 g/mol. The molecule has 0 atom stereocenters. The Balaban J connectivity index is 2.00. The molecule has 1 aromatic carbocycles. The maximum Gasteiger partial charge on any atom is 0.0346 e. The highest BCUT2D eigenvalue weighted by Gasteiger charge is 2.10. The van der Waals surface area contributed by atoms with E-state index in [0.29, 0.717) is 0 Å². The van der Waals surface area contributed by atoms with Gasteiger partial charge in [0, 0.05) is 36.8 Å². The number of nitrogen functional groups attached to an aromatic ring is 1. The molecule has 1 saturated heterocycles. The van der Waals surface area contributed by atoms with Crippen LogP contribution in [0.25, 0.3) is 0 Å². The van der Waals surface area contributed by atoms with Crippen molar-refractivity contribution in [1.82, 2.24) is 4.90 Å². The minimum Gasteiger partial charge on any atom is -0.399 e. The van der Waals surface area contributed by atoms with Gasteiger partial charge >= 0.3 is 0 Å². The number of nitrogens with zero attached hydrogens (tertiary/aromatic N) is 1. The van der Waals surface area contributed by atoms with Gasteiger partial charge in [-0.2, -0.15) is 11.8 Å². The lowest BCUT2D eigenvalue weighted by Gasteiger charge is -2.26. The first-order chi connectivity index (χ1) is 7.25. The maximum absolute atomic E-state index is 5.90. The van der Waals surface area contributed by atoms with E-state index < -0.39 is 0 Å². The van der Waals surface area contributed by atoms with Gasteiger partial charge in [0.2, 0.25) is 0 Å². The third-order valence-corrected chi connectivity index (χ3v) is 3.80. The van der Waals surface area contributed by atoms with Gasteiger partial charge in [-0.3, -0.25) is 4.90 Å². The number of nitrogens with two attached hydrogens (primary N) is 1. The lowest BCUT2D eigenvalue weighted by molar-refractivity contribution is 0.294. The summed E-state index contributed by atoms with van der Waals surface area (Å²) in [6.45, 7) is 5.51. The van der Waals surface area contributed by atoms with E-state index in [4.69, 9.17) is 5.73 Å². The molecule has 0 amide bonds. The van der Waals surface area contributed by atoms with Crippen LogP contribution in [0.5, 0.6) is 0 Å². The molecule has 1 aliphatic rings. The van der Waals surface area contributed by atoms with Gasteiger partial charge in [0.05, 0.1) is 0 Å². The molecule has 0 bridgehead atoms. The SMILES string of the molecule is Cc1ccc(CN2CCSCC2)cc1N. The lowest BCUT2D eigenvalue weighted by Crippen LogP contribution is -2.31. The van der Waals surface area contributed by atoms with Crippen molar-refractivity contribution in [2.45, 2.75) is 13.5 Å². The molecule has 1 heterocycles. The van der Waals surface area contributed by atoms with E-state index in [1.54, 1.807) is 0 Å². The molecule has 0 saturated carbocycles. The second kappa shape index (κ2) is 4.90. The fraction of sp³-hybridized carbons (Fsp3) is 0.500. The number of hydrogen-bond acceptors (Lipinski definition) is 3. The molecule has 2 rings (SSSR count). The van der Waals surface area contributed by atoms with Crippen LogP contribution in [0.4, 0.5) is 5.69 Å². The Morgan fingerprint density at radius 2 is 2.07 bits per heavy atom. The number of thioether (sulfide) groups is 1. The van der Waals surface area contributed by atoms with Gasteiger partial charge in [-0.05, 0) is 24.1 Å². The van der Waals surface area contributed by atoms with Crippen LogP contribution >= 0.6 is 11.8 Å². The highest BCUT2D eigenvalue weighted by molar-refractivity contribution is 7.99. The Morgan fingerprint density at radius 1 is 1.33 bits per heavy atom. The standard InChI is InChI=1S/C12H18N2S/c1-10-2-3-11(8-12(10)13)9-14-4-6-15-7-5-14/h2-3,8H,4-7,9,13H2,1H3. The Hall–Kier alpha value is -0.670. The molecule has 82 valence electrons. The number of anilines is 1. The molecular formula is C12H18N2S. The highest BCUT2D eigenvalue weighted by atomic mass is 32.2. The number of hydrogen-bond donors (Lipinski definition) is 1. The van der Waals surface area contributed by atoms with E-state index >= 15 is 0 Å². The summed E-state index contributed by atoms with van der Waals surface area (Å²) in [5, 5.41) is 0. The molecule has 15 heavy (non-hydrogen) atoms. The van der Waals surface area contributed by atoms with Crippen LogP contribution in [0.1, 0.15) is 11.1 Å². The molecule has 1 aromatic rings. The van der Waals surface area contributed by atoms with Crippen LogP contribution in [0, 0.1) is 6.92 Å². The van der Waals surface area contributed by atoms with Gasteiger partial charge in [0.25, 0.3) is 0 Å². The fourth-order valence-corrected chi connectivity index (χ4v) is 2.78. The summed E-state index contributed by atoms with van der Waals surface area (Å²) >= 11 is 2.05. The Bertz CT molecular complexity index is 332. The van der Waals surface area contributed by atoms with Crippen molar-refractivity contribution in [2.24, 2.45) is 0 Å². The Morgan fingerprint density at radius 3 is 2.73 bits per heavy atom. The smallest absolute Gasteiger partial charge is 0.0346 e. The van der Waals surface area contributed by atoms with Crippen LogP contribution in [0.2, 0.25) is 0 Å². The minimum atomic E-state index is 0.916. The third-order valence-electron chi connectivity index (χ3n) is 2.85. The van der Waals surface area contributed by atoms with E-state index in [1.165, 1.54) is 35.7 Å². The number of benzene rings is 1. The van der Waals surface area contributed by atoms with Gasteiger partial charge in [0.15, 0.2) is 0 Å². The molecule has 1 fully saturated rings. The topological polar surface area (TPSA) is 29.3 Å². The largest absolute Gasteiger partial charge is 0.399 e. The number of aryl methyl sites for hydroxylation is 1. The van der Waals surface area contributed by atoms with Gasteiger partial charge in [-0.15, -0.1) is 0 Å². The zero-order valence-electron chi connectivity index (χ0n) is 9.20. The summed E-state index contributed by atoms with van der Waals surface area (Å²) in [7, 11) is 0. The quantitative estimate of drug-likeness (QED) is 0.777. The first kappa shape index (κ1) is 10.8. The number of rotatable bonds is 2. The molecular weight excluding hydrogens is 204 g/mol. The molecule has 1 aliphatic heterocycles. The Kier molecular flexibility index (Phi) is 3.54. The molecule has 0 spiro atoms. The summed E-state index contributed by atoms with van der Waals surface area (Å²) < 4.78 is 0. The molecule has 0 radical (unpaired) electrons. The summed E-state index contributed by atoms with van der Waals surface area (Å²) in [5.41, 5.74) is 9.33. The second-order valence-electron chi connectivity index (χ2n) is 4.08. The summed E-state index contributed by atoms with van der Waals surface area (Å²) in [6, 6.07) is 6.41. The van der Waals surface area contributed by atoms with E-state index in [9.17, 15) is 0 Å². The van der Waals surface area contributed by atoms with Gasteiger partial charge in [-0.25, -0.2) is 0 Å². The van der Waals surface area contributed by atoms with Crippen molar-refractivity contribution < 1.29 is 0 Å². The molecule has 0 aromatic heterocycles. The predicted molar refractivity (Wildman–Crippen MR) is 68.2 cm³/mol. The van der Waals surface area contributed by atoms with Crippen molar-refractivity contribution >= 4 is 17.4 Å². The Labute approximate surface area is 95.8 Å². The van der Waals surface area contributed by atoms with Crippen molar-refractivity contribution in [2.75, 3.05) is 30.3 Å². The van der Waals surface area contributed by atoms with Crippen LogP contribution in [0.3, 0.4) is 0 Å². The molecule has 0 aliphatic carbocycles. The van der Waals surface area contributed by atoms with Crippen molar-refractivity contribution in [3.8, 4) is 0 Å². The highest BCUT2D eigenvalue weighted by Crippen LogP contribution is 2.16. The van der Waals surface area contributed by atoms with Gasteiger partial charge < -0.3 is 5.73 Å². The average Bonchev–Trinajstić information content (AvgIpc) is 2.25. The summed E-state index contributed by atoms with van der Waals surface area (Å²) in [5.74, 6) is 2.53. The van der Waals surface area contributed by atoms with Crippen LogP contribution in [0.15, 0.2) is 18.2 Å². The van der Waals surface area contributed by atoms with Crippen molar-refractivity contribution in [1.29, 1.82) is 0 Å². The van der Waals surface area contributed by atoms with E-state index in [2.05, 4.69) is 30.0 Å². The molecule has 2 nitrogen and oxygen atoms in total. The summed E-state index contributed by atoms with van der Waals surface area (Å²) in [6.07, 6.45) is 0. The van der Waals surface area contributed by atoms with Crippen LogP contribution in [-0.4, -0.2) is 29.5 Å². The third kappa shape index (κ3) is 2.89.